The third-order valence-electron chi connectivity index (χ3n) is 2.86. The van der Waals surface area contributed by atoms with Crippen molar-refractivity contribution in [3.05, 3.63) is 29.8 Å². The van der Waals surface area contributed by atoms with Crippen LogP contribution in [-0.2, 0) is 10.2 Å². The highest BCUT2D eigenvalue weighted by Crippen LogP contribution is 2.32. The van der Waals surface area contributed by atoms with Crippen molar-refractivity contribution in [1.82, 2.24) is 0 Å². The van der Waals surface area contributed by atoms with Crippen LogP contribution >= 0.6 is 0 Å². The van der Waals surface area contributed by atoms with Crippen LogP contribution in [0.1, 0.15) is 32.8 Å². The summed E-state index contributed by atoms with van der Waals surface area (Å²) in [5, 5.41) is 9.54. The number of rotatable bonds is 5. The molecule has 1 unspecified atom stereocenters. The molecule has 0 amide bonds. The van der Waals surface area contributed by atoms with E-state index in [4.69, 9.17) is 4.74 Å². The lowest BCUT2D eigenvalue weighted by Gasteiger charge is -2.31. The Bertz CT molecular complexity index is 333. The maximum atomic E-state index is 9.54. The van der Waals surface area contributed by atoms with Crippen LogP contribution in [0.2, 0.25) is 0 Å². The first kappa shape index (κ1) is 13.0. The topological polar surface area (TPSA) is 29.5 Å². The molecule has 0 saturated heterocycles. The number of hydrogen-bond donors (Lipinski definition) is 1. The van der Waals surface area contributed by atoms with E-state index in [9.17, 15) is 5.11 Å². The molecule has 2 heteroatoms. The van der Waals surface area contributed by atoms with Crippen molar-refractivity contribution in [2.45, 2.75) is 32.6 Å². The molecule has 0 spiro atoms. The summed E-state index contributed by atoms with van der Waals surface area (Å²) in [4.78, 5) is 0. The fourth-order valence-electron chi connectivity index (χ4n) is 2.36. The standard InChI is InChI=1S/C14H22O2/c1-11(2)9-14(3,10-16-4)12-6-5-7-13(15)8-12/h5-8,11,15H,9-10H2,1-4H3. The molecule has 16 heavy (non-hydrogen) atoms. The Morgan fingerprint density at radius 3 is 2.56 bits per heavy atom. The van der Waals surface area contributed by atoms with Gasteiger partial charge in [-0.05, 0) is 30.0 Å². The molecule has 0 aliphatic rings. The Morgan fingerprint density at radius 1 is 1.38 bits per heavy atom. The summed E-state index contributed by atoms with van der Waals surface area (Å²) in [5.74, 6) is 0.922. The molecule has 0 bridgehead atoms. The highest BCUT2D eigenvalue weighted by Gasteiger charge is 2.27. The van der Waals surface area contributed by atoms with E-state index < -0.39 is 0 Å². The second kappa shape index (κ2) is 5.35. The van der Waals surface area contributed by atoms with Crippen molar-refractivity contribution in [3.63, 3.8) is 0 Å². The molecule has 90 valence electrons. The Morgan fingerprint density at radius 2 is 2.06 bits per heavy atom. The highest BCUT2D eigenvalue weighted by atomic mass is 16.5. The van der Waals surface area contributed by atoms with E-state index >= 15 is 0 Å². The van der Waals surface area contributed by atoms with E-state index in [0.717, 1.165) is 12.0 Å². The average Bonchev–Trinajstić information content (AvgIpc) is 2.16. The number of methoxy groups -OCH3 is 1. The first-order chi connectivity index (χ1) is 7.48. The fourth-order valence-corrected chi connectivity index (χ4v) is 2.36. The minimum absolute atomic E-state index is 0.0261. The smallest absolute Gasteiger partial charge is 0.115 e. The Kier molecular flexibility index (Phi) is 4.36. The van der Waals surface area contributed by atoms with Gasteiger partial charge in [0, 0.05) is 12.5 Å². The van der Waals surface area contributed by atoms with E-state index in [0.29, 0.717) is 18.3 Å². The van der Waals surface area contributed by atoms with E-state index in [-0.39, 0.29) is 5.41 Å². The Hall–Kier alpha value is -1.02. The number of ether oxygens (including phenoxy) is 1. The molecule has 0 aliphatic carbocycles. The van der Waals surface area contributed by atoms with Gasteiger partial charge in [-0.25, -0.2) is 0 Å². The van der Waals surface area contributed by atoms with Gasteiger partial charge in [0.2, 0.25) is 0 Å². The maximum absolute atomic E-state index is 9.54. The van der Waals surface area contributed by atoms with E-state index in [1.54, 1.807) is 13.2 Å². The molecule has 0 radical (unpaired) electrons. The lowest BCUT2D eigenvalue weighted by Crippen LogP contribution is -2.29. The zero-order chi connectivity index (χ0) is 12.2. The van der Waals surface area contributed by atoms with Gasteiger partial charge in [0.05, 0.1) is 6.61 Å². The molecule has 0 aromatic heterocycles. The lowest BCUT2D eigenvalue weighted by molar-refractivity contribution is 0.125. The predicted octanol–water partition coefficient (Wildman–Crippen LogP) is 3.34. The Balaban J connectivity index is 3.00. The molecule has 1 aromatic rings. The monoisotopic (exact) mass is 222 g/mol. The highest BCUT2D eigenvalue weighted by molar-refractivity contribution is 5.32. The van der Waals surface area contributed by atoms with Crippen molar-refractivity contribution in [3.8, 4) is 5.75 Å². The van der Waals surface area contributed by atoms with Gasteiger partial charge in [0.25, 0.3) is 0 Å². The van der Waals surface area contributed by atoms with Crippen molar-refractivity contribution in [2.75, 3.05) is 13.7 Å². The average molecular weight is 222 g/mol. The number of phenolic OH excluding ortho intramolecular Hbond substituents is 1. The molecule has 0 fully saturated rings. The fraction of sp³-hybridized carbons (Fsp3) is 0.571. The predicted molar refractivity (Wildman–Crippen MR) is 66.8 cm³/mol. The van der Waals surface area contributed by atoms with Gasteiger partial charge in [-0.1, -0.05) is 32.9 Å². The van der Waals surface area contributed by atoms with Gasteiger partial charge in [-0.2, -0.15) is 0 Å². The second-order valence-electron chi connectivity index (χ2n) is 5.14. The zero-order valence-corrected chi connectivity index (χ0v) is 10.7. The summed E-state index contributed by atoms with van der Waals surface area (Å²) in [7, 11) is 1.72. The third kappa shape index (κ3) is 3.24. The maximum Gasteiger partial charge on any atom is 0.115 e. The molecule has 0 aliphatic heterocycles. The van der Waals surface area contributed by atoms with Crippen molar-refractivity contribution in [2.24, 2.45) is 5.92 Å². The zero-order valence-electron chi connectivity index (χ0n) is 10.7. The molecule has 1 aromatic carbocycles. The number of aromatic hydroxyl groups is 1. The largest absolute Gasteiger partial charge is 0.508 e. The van der Waals surface area contributed by atoms with Gasteiger partial charge < -0.3 is 9.84 Å². The number of benzene rings is 1. The first-order valence-corrected chi connectivity index (χ1v) is 5.76. The van der Waals surface area contributed by atoms with Crippen LogP contribution < -0.4 is 0 Å². The second-order valence-corrected chi connectivity index (χ2v) is 5.14. The van der Waals surface area contributed by atoms with Crippen LogP contribution in [0.15, 0.2) is 24.3 Å². The van der Waals surface area contributed by atoms with Crippen LogP contribution in [0.25, 0.3) is 0 Å². The summed E-state index contributed by atoms with van der Waals surface area (Å²) in [6.45, 7) is 7.27. The van der Waals surface area contributed by atoms with Crippen LogP contribution in [-0.4, -0.2) is 18.8 Å². The van der Waals surface area contributed by atoms with Crippen LogP contribution in [0, 0.1) is 5.92 Å². The number of phenols is 1. The number of hydrogen-bond acceptors (Lipinski definition) is 2. The molecule has 1 rings (SSSR count). The molecule has 1 atom stereocenters. The summed E-state index contributed by atoms with van der Waals surface area (Å²) in [6, 6.07) is 7.48. The summed E-state index contributed by atoms with van der Waals surface area (Å²) in [5.41, 5.74) is 1.12. The van der Waals surface area contributed by atoms with Crippen LogP contribution in [0.4, 0.5) is 0 Å². The summed E-state index contributed by atoms with van der Waals surface area (Å²) >= 11 is 0. The third-order valence-corrected chi connectivity index (χ3v) is 2.86. The van der Waals surface area contributed by atoms with Crippen molar-refractivity contribution in [1.29, 1.82) is 0 Å². The van der Waals surface area contributed by atoms with Crippen LogP contribution in [0.3, 0.4) is 0 Å². The van der Waals surface area contributed by atoms with Gasteiger partial charge in [-0.15, -0.1) is 0 Å². The van der Waals surface area contributed by atoms with Crippen molar-refractivity contribution < 1.29 is 9.84 Å². The molecule has 2 nitrogen and oxygen atoms in total. The van der Waals surface area contributed by atoms with Gasteiger partial charge in [-0.3, -0.25) is 0 Å². The van der Waals surface area contributed by atoms with E-state index in [1.807, 2.05) is 12.1 Å². The molecular weight excluding hydrogens is 200 g/mol. The Labute approximate surface area is 98.3 Å². The SMILES string of the molecule is COCC(C)(CC(C)C)c1cccc(O)c1. The quantitative estimate of drug-likeness (QED) is 0.828. The van der Waals surface area contributed by atoms with Gasteiger partial charge in [0.15, 0.2) is 0 Å². The first-order valence-electron chi connectivity index (χ1n) is 5.76. The summed E-state index contributed by atoms with van der Waals surface area (Å²) < 4.78 is 5.32. The molecular formula is C14H22O2. The van der Waals surface area contributed by atoms with E-state index in [1.165, 1.54) is 0 Å². The molecule has 0 heterocycles. The van der Waals surface area contributed by atoms with Crippen LogP contribution in [0.5, 0.6) is 5.75 Å². The minimum atomic E-state index is -0.0261. The van der Waals surface area contributed by atoms with Gasteiger partial charge in [0.1, 0.15) is 5.75 Å². The van der Waals surface area contributed by atoms with E-state index in [2.05, 4.69) is 26.8 Å². The summed E-state index contributed by atoms with van der Waals surface area (Å²) in [6.07, 6.45) is 1.05. The normalized spacial score (nSPS) is 15.1. The lowest BCUT2D eigenvalue weighted by atomic mass is 9.76. The minimum Gasteiger partial charge on any atom is -0.508 e. The molecule has 0 saturated carbocycles. The molecule has 1 N–H and O–H groups in total. The van der Waals surface area contributed by atoms with Crippen molar-refractivity contribution >= 4 is 0 Å². The van der Waals surface area contributed by atoms with Gasteiger partial charge >= 0.3 is 0 Å².